The van der Waals surface area contributed by atoms with E-state index in [4.69, 9.17) is 5.11 Å². The summed E-state index contributed by atoms with van der Waals surface area (Å²) in [6, 6.07) is 7.02. The number of nitrogens with zero attached hydrogens (tertiary/aromatic N) is 1. The van der Waals surface area contributed by atoms with Gasteiger partial charge in [-0.05, 0) is 43.4 Å². The van der Waals surface area contributed by atoms with Gasteiger partial charge < -0.3 is 10.0 Å². The summed E-state index contributed by atoms with van der Waals surface area (Å²) in [5.41, 5.74) is 2.66. The van der Waals surface area contributed by atoms with Crippen LogP contribution in [-0.4, -0.2) is 34.5 Å². The molecule has 1 aromatic carbocycles. The molecular formula is C21H27NO3. The molecule has 1 heterocycles. The molecule has 0 aliphatic carbocycles. The molecule has 25 heavy (non-hydrogen) atoms. The highest BCUT2D eigenvalue weighted by Gasteiger charge is 2.28. The molecule has 1 unspecified atom stereocenters. The number of hydrogen-bond donors (Lipinski definition) is 1. The Labute approximate surface area is 149 Å². The Morgan fingerprint density at radius 2 is 2.00 bits per heavy atom. The van der Waals surface area contributed by atoms with Crippen molar-refractivity contribution in [1.82, 2.24) is 4.90 Å². The molecule has 4 heteroatoms. The zero-order valence-corrected chi connectivity index (χ0v) is 15.2. The number of benzene rings is 1. The lowest BCUT2D eigenvalue weighted by atomic mass is 10.0. The summed E-state index contributed by atoms with van der Waals surface area (Å²) in [4.78, 5) is 25.0. The smallest absolute Gasteiger partial charge is 0.335 e. The van der Waals surface area contributed by atoms with E-state index >= 15 is 0 Å². The molecule has 0 bridgehead atoms. The first kappa shape index (κ1) is 19.0. The zero-order valence-electron chi connectivity index (χ0n) is 15.2. The molecule has 0 spiro atoms. The number of hydrogen-bond acceptors (Lipinski definition) is 2. The summed E-state index contributed by atoms with van der Waals surface area (Å²) >= 11 is 0. The standard InChI is InChI=1S/C21H27NO3/c1-15(2)16(3)5-4-6-19-11-12-20(23)22(19)14-13-17-7-9-18(10-8-17)21(24)25/h4-10,15,19H,11-14H2,1-3H3,(H,24,25). The molecule has 1 atom stereocenters. The summed E-state index contributed by atoms with van der Waals surface area (Å²) in [5, 5.41) is 8.94. The van der Waals surface area contributed by atoms with E-state index in [0.717, 1.165) is 18.4 Å². The third-order valence-electron chi connectivity index (χ3n) is 4.82. The number of aromatic carboxylic acids is 1. The molecule has 0 radical (unpaired) electrons. The molecule has 134 valence electrons. The Morgan fingerprint density at radius 1 is 1.32 bits per heavy atom. The van der Waals surface area contributed by atoms with Gasteiger partial charge in [0, 0.05) is 13.0 Å². The van der Waals surface area contributed by atoms with Crippen LogP contribution in [0.2, 0.25) is 0 Å². The summed E-state index contributed by atoms with van der Waals surface area (Å²) < 4.78 is 0. The lowest BCUT2D eigenvalue weighted by molar-refractivity contribution is -0.128. The first-order valence-electron chi connectivity index (χ1n) is 8.85. The average Bonchev–Trinajstić information content (AvgIpc) is 2.93. The fourth-order valence-corrected chi connectivity index (χ4v) is 2.84. The van der Waals surface area contributed by atoms with Crippen molar-refractivity contribution in [2.45, 2.75) is 46.1 Å². The Morgan fingerprint density at radius 3 is 2.60 bits per heavy atom. The fourth-order valence-electron chi connectivity index (χ4n) is 2.84. The van der Waals surface area contributed by atoms with Crippen molar-refractivity contribution >= 4 is 11.9 Å². The van der Waals surface area contributed by atoms with E-state index in [1.807, 2.05) is 17.0 Å². The number of carboxylic acid groups (broad SMARTS) is 1. The van der Waals surface area contributed by atoms with Crippen molar-refractivity contribution in [3.05, 3.63) is 59.2 Å². The van der Waals surface area contributed by atoms with Crippen molar-refractivity contribution in [3.8, 4) is 0 Å². The second-order valence-electron chi connectivity index (χ2n) is 6.90. The number of rotatable bonds is 7. The van der Waals surface area contributed by atoms with Gasteiger partial charge in [0.1, 0.15) is 0 Å². The minimum absolute atomic E-state index is 0.155. The van der Waals surface area contributed by atoms with Crippen LogP contribution >= 0.6 is 0 Å². The highest BCUT2D eigenvalue weighted by Crippen LogP contribution is 2.21. The highest BCUT2D eigenvalue weighted by atomic mass is 16.4. The topological polar surface area (TPSA) is 57.6 Å². The minimum atomic E-state index is -0.920. The van der Waals surface area contributed by atoms with Gasteiger partial charge >= 0.3 is 5.97 Å². The quantitative estimate of drug-likeness (QED) is 0.760. The van der Waals surface area contributed by atoms with Crippen LogP contribution in [0, 0.1) is 5.92 Å². The highest BCUT2D eigenvalue weighted by molar-refractivity contribution is 5.87. The van der Waals surface area contributed by atoms with E-state index < -0.39 is 5.97 Å². The van der Waals surface area contributed by atoms with E-state index in [-0.39, 0.29) is 17.5 Å². The predicted octanol–water partition coefficient (Wildman–Crippen LogP) is 4.08. The van der Waals surface area contributed by atoms with Gasteiger partial charge in [0.25, 0.3) is 0 Å². The number of carboxylic acids is 1. The molecule has 1 N–H and O–H groups in total. The van der Waals surface area contributed by atoms with Gasteiger partial charge in [-0.15, -0.1) is 0 Å². The number of allylic oxidation sites excluding steroid dienone is 3. The average molecular weight is 341 g/mol. The van der Waals surface area contributed by atoms with Crippen molar-refractivity contribution in [1.29, 1.82) is 0 Å². The maximum Gasteiger partial charge on any atom is 0.335 e. The summed E-state index contributed by atoms with van der Waals surface area (Å²) in [7, 11) is 0. The number of carbonyl (C=O) groups is 2. The van der Waals surface area contributed by atoms with Gasteiger partial charge in [-0.1, -0.05) is 49.8 Å². The SMILES string of the molecule is CC(=CC=CC1CCC(=O)N1CCc1ccc(C(=O)O)cc1)C(C)C. The van der Waals surface area contributed by atoms with Crippen molar-refractivity contribution in [2.24, 2.45) is 5.92 Å². The van der Waals surface area contributed by atoms with Crippen molar-refractivity contribution < 1.29 is 14.7 Å². The van der Waals surface area contributed by atoms with Crippen LogP contribution in [-0.2, 0) is 11.2 Å². The molecular weight excluding hydrogens is 314 g/mol. The van der Waals surface area contributed by atoms with Crippen LogP contribution in [0.3, 0.4) is 0 Å². The first-order valence-corrected chi connectivity index (χ1v) is 8.85. The third kappa shape index (κ3) is 5.31. The van der Waals surface area contributed by atoms with Gasteiger partial charge in [0.2, 0.25) is 5.91 Å². The van der Waals surface area contributed by atoms with E-state index in [1.54, 1.807) is 12.1 Å². The maximum absolute atomic E-state index is 12.2. The Kier molecular flexibility index (Phi) is 6.57. The third-order valence-corrected chi connectivity index (χ3v) is 4.82. The van der Waals surface area contributed by atoms with E-state index in [0.29, 0.717) is 18.9 Å². The maximum atomic E-state index is 12.2. The Hall–Kier alpha value is -2.36. The van der Waals surface area contributed by atoms with E-state index in [2.05, 4.69) is 39.0 Å². The van der Waals surface area contributed by atoms with Gasteiger partial charge in [-0.2, -0.15) is 0 Å². The molecule has 2 rings (SSSR count). The van der Waals surface area contributed by atoms with Crippen LogP contribution in [0.5, 0.6) is 0 Å². The largest absolute Gasteiger partial charge is 0.478 e. The van der Waals surface area contributed by atoms with Crippen LogP contribution < -0.4 is 0 Å². The van der Waals surface area contributed by atoms with Gasteiger partial charge in [-0.3, -0.25) is 4.79 Å². The van der Waals surface area contributed by atoms with Crippen LogP contribution in [0.15, 0.2) is 48.1 Å². The summed E-state index contributed by atoms with van der Waals surface area (Å²) in [5.74, 6) is -0.197. The number of carbonyl (C=O) groups excluding carboxylic acids is 1. The molecule has 1 aliphatic rings. The zero-order chi connectivity index (χ0) is 18.4. The molecule has 1 aromatic rings. The second kappa shape index (κ2) is 8.65. The molecule has 1 aliphatic heterocycles. The monoisotopic (exact) mass is 341 g/mol. The molecule has 1 saturated heterocycles. The lowest BCUT2D eigenvalue weighted by Crippen LogP contribution is -2.33. The van der Waals surface area contributed by atoms with E-state index in [1.165, 1.54) is 5.57 Å². The van der Waals surface area contributed by atoms with Gasteiger partial charge in [0.15, 0.2) is 0 Å². The van der Waals surface area contributed by atoms with Crippen LogP contribution in [0.25, 0.3) is 0 Å². The molecule has 0 saturated carbocycles. The molecule has 1 fully saturated rings. The second-order valence-corrected chi connectivity index (χ2v) is 6.90. The van der Waals surface area contributed by atoms with E-state index in [9.17, 15) is 9.59 Å². The summed E-state index contributed by atoms with van der Waals surface area (Å²) in [6.45, 7) is 7.11. The van der Waals surface area contributed by atoms with Crippen LogP contribution in [0.4, 0.5) is 0 Å². The number of amides is 1. The fraction of sp³-hybridized carbons (Fsp3) is 0.429. The minimum Gasteiger partial charge on any atom is -0.478 e. The van der Waals surface area contributed by atoms with Crippen LogP contribution in [0.1, 0.15) is 49.5 Å². The predicted molar refractivity (Wildman–Crippen MR) is 99.6 cm³/mol. The van der Waals surface area contributed by atoms with Crippen molar-refractivity contribution in [3.63, 3.8) is 0 Å². The lowest BCUT2D eigenvalue weighted by Gasteiger charge is -2.22. The molecule has 4 nitrogen and oxygen atoms in total. The number of likely N-dealkylation sites (tertiary alicyclic amines) is 1. The van der Waals surface area contributed by atoms with Crippen molar-refractivity contribution in [2.75, 3.05) is 6.54 Å². The molecule has 0 aromatic heterocycles. The Balaban J connectivity index is 1.96. The van der Waals surface area contributed by atoms with Gasteiger partial charge in [0.05, 0.1) is 11.6 Å². The first-order chi connectivity index (χ1) is 11.9. The summed E-state index contributed by atoms with van der Waals surface area (Å²) in [6.07, 6.45) is 8.49. The molecule has 1 amide bonds. The normalized spacial score (nSPS) is 18.6. The van der Waals surface area contributed by atoms with Gasteiger partial charge in [-0.25, -0.2) is 4.79 Å². The Bertz CT molecular complexity index is 671.